The van der Waals surface area contributed by atoms with Crippen LogP contribution in [0.15, 0.2) is 17.6 Å². The summed E-state index contributed by atoms with van der Waals surface area (Å²) in [4.78, 5) is 19.5. The van der Waals surface area contributed by atoms with Crippen molar-refractivity contribution in [2.75, 3.05) is 6.54 Å². The van der Waals surface area contributed by atoms with Gasteiger partial charge in [0.25, 0.3) is 5.91 Å². The Balaban J connectivity index is 1.84. The van der Waals surface area contributed by atoms with Crippen LogP contribution in [0.4, 0.5) is 0 Å². The first-order valence-electron chi connectivity index (χ1n) is 8.29. The number of nitrogens with zero attached hydrogens (tertiary/aromatic N) is 4. The lowest BCUT2D eigenvalue weighted by Gasteiger charge is -2.34. The Morgan fingerprint density at radius 2 is 2.26 bits per heavy atom. The largest absolute Gasteiger partial charge is 0.328 e. The van der Waals surface area contributed by atoms with E-state index in [0.717, 1.165) is 42.9 Å². The fourth-order valence-electron chi connectivity index (χ4n) is 3.22. The summed E-state index contributed by atoms with van der Waals surface area (Å²) in [5, 5.41) is 7.54. The van der Waals surface area contributed by atoms with E-state index in [9.17, 15) is 4.79 Å². The number of amides is 1. The average Bonchev–Trinajstić information content (AvgIpc) is 3.16. The van der Waals surface area contributed by atoms with Crippen molar-refractivity contribution >= 4 is 17.2 Å². The molecule has 0 aliphatic carbocycles. The van der Waals surface area contributed by atoms with Crippen LogP contribution in [0, 0.1) is 5.92 Å². The van der Waals surface area contributed by atoms with Gasteiger partial charge in [0.2, 0.25) is 0 Å². The van der Waals surface area contributed by atoms with E-state index in [-0.39, 0.29) is 11.9 Å². The average molecular weight is 332 g/mol. The van der Waals surface area contributed by atoms with Crippen LogP contribution in [0.5, 0.6) is 0 Å². The molecule has 3 heterocycles. The first kappa shape index (κ1) is 16.2. The maximum Gasteiger partial charge on any atom is 0.272 e. The van der Waals surface area contributed by atoms with Gasteiger partial charge in [0, 0.05) is 25.2 Å². The summed E-state index contributed by atoms with van der Waals surface area (Å²) in [6.07, 6.45) is 5.93. The molecule has 6 heteroatoms. The second-order valence-electron chi connectivity index (χ2n) is 6.62. The summed E-state index contributed by atoms with van der Waals surface area (Å²) in [5.41, 5.74) is 1.68. The molecule has 3 rings (SSSR count). The Morgan fingerprint density at radius 1 is 1.43 bits per heavy atom. The first-order valence-corrected chi connectivity index (χ1v) is 9.17. The number of aryl methyl sites for hydroxylation is 1. The highest BCUT2D eigenvalue weighted by Crippen LogP contribution is 2.33. The number of hydrogen-bond acceptors (Lipinski definition) is 4. The zero-order chi connectivity index (χ0) is 16.4. The van der Waals surface area contributed by atoms with Crippen LogP contribution in [0.1, 0.15) is 60.3 Å². The van der Waals surface area contributed by atoms with Crippen LogP contribution in [0.25, 0.3) is 0 Å². The number of piperidine rings is 1. The van der Waals surface area contributed by atoms with E-state index in [1.54, 1.807) is 16.0 Å². The summed E-state index contributed by atoms with van der Waals surface area (Å²) >= 11 is 1.64. The van der Waals surface area contributed by atoms with Crippen molar-refractivity contribution in [3.8, 4) is 0 Å². The van der Waals surface area contributed by atoms with Gasteiger partial charge in [0.05, 0.1) is 11.7 Å². The highest BCUT2D eigenvalue weighted by Gasteiger charge is 2.31. The van der Waals surface area contributed by atoms with E-state index in [1.165, 1.54) is 0 Å². The Bertz CT molecular complexity index is 662. The van der Waals surface area contributed by atoms with Gasteiger partial charge in [-0.3, -0.25) is 9.48 Å². The normalized spacial score (nSPS) is 18.6. The molecule has 0 saturated carbocycles. The van der Waals surface area contributed by atoms with E-state index in [2.05, 4.69) is 23.9 Å². The maximum absolute atomic E-state index is 13.1. The molecule has 0 unspecified atom stereocenters. The molecular formula is C17H24N4OS. The Kier molecular flexibility index (Phi) is 4.80. The van der Waals surface area contributed by atoms with Crippen molar-refractivity contribution in [2.45, 2.75) is 45.6 Å². The van der Waals surface area contributed by atoms with Crippen molar-refractivity contribution in [2.24, 2.45) is 13.0 Å². The van der Waals surface area contributed by atoms with Crippen LogP contribution < -0.4 is 0 Å². The lowest BCUT2D eigenvalue weighted by molar-refractivity contribution is 0.0600. The first-order chi connectivity index (χ1) is 11.1. The lowest BCUT2D eigenvalue weighted by atomic mass is 10.0. The smallest absolute Gasteiger partial charge is 0.272 e. The number of carbonyl (C=O) groups excluding carboxylic acids is 1. The minimum Gasteiger partial charge on any atom is -0.328 e. The van der Waals surface area contributed by atoms with E-state index in [0.29, 0.717) is 11.6 Å². The van der Waals surface area contributed by atoms with Gasteiger partial charge in [-0.2, -0.15) is 5.10 Å². The number of thiazole rings is 1. The quantitative estimate of drug-likeness (QED) is 0.862. The van der Waals surface area contributed by atoms with Crippen LogP contribution >= 0.6 is 11.3 Å². The van der Waals surface area contributed by atoms with E-state index in [4.69, 9.17) is 0 Å². The molecule has 2 aromatic rings. The summed E-state index contributed by atoms with van der Waals surface area (Å²) < 4.78 is 1.73. The standard InChI is InChI=1S/C17H24N4OS/c1-12(2)10-13-11-15(20(3)19-13)17(22)21-8-5-4-6-14(21)16-18-7-9-23-16/h7,9,11-12,14H,4-6,8,10H2,1-3H3/t14-/m1/s1. The topological polar surface area (TPSA) is 51.0 Å². The van der Waals surface area contributed by atoms with Crippen LogP contribution in [0.2, 0.25) is 0 Å². The predicted octanol–water partition coefficient (Wildman–Crippen LogP) is 3.44. The third kappa shape index (κ3) is 3.47. The van der Waals surface area contributed by atoms with Gasteiger partial charge in [0.15, 0.2) is 0 Å². The van der Waals surface area contributed by atoms with Crippen LogP contribution in [0.3, 0.4) is 0 Å². The number of rotatable bonds is 4. The molecule has 1 atom stereocenters. The second kappa shape index (κ2) is 6.83. The predicted molar refractivity (Wildman–Crippen MR) is 91.5 cm³/mol. The second-order valence-corrected chi connectivity index (χ2v) is 7.55. The van der Waals surface area contributed by atoms with Gasteiger partial charge in [-0.1, -0.05) is 13.8 Å². The van der Waals surface area contributed by atoms with Crippen molar-refractivity contribution < 1.29 is 4.79 Å². The monoisotopic (exact) mass is 332 g/mol. The number of carbonyl (C=O) groups is 1. The highest BCUT2D eigenvalue weighted by molar-refractivity contribution is 7.09. The molecule has 0 aromatic carbocycles. The fraction of sp³-hybridized carbons (Fsp3) is 0.588. The summed E-state index contributed by atoms with van der Waals surface area (Å²) in [6, 6.07) is 2.07. The minimum absolute atomic E-state index is 0.0786. The highest BCUT2D eigenvalue weighted by atomic mass is 32.1. The molecule has 1 amide bonds. The van der Waals surface area contributed by atoms with Gasteiger partial charge in [-0.25, -0.2) is 4.98 Å². The third-order valence-corrected chi connectivity index (χ3v) is 5.14. The summed E-state index contributed by atoms with van der Waals surface area (Å²) in [7, 11) is 1.86. The summed E-state index contributed by atoms with van der Waals surface area (Å²) in [6.45, 7) is 5.13. The lowest BCUT2D eigenvalue weighted by Crippen LogP contribution is -2.39. The minimum atomic E-state index is 0.0786. The van der Waals surface area contributed by atoms with E-state index >= 15 is 0 Å². The third-order valence-electron chi connectivity index (χ3n) is 4.27. The van der Waals surface area contributed by atoms with Gasteiger partial charge >= 0.3 is 0 Å². The van der Waals surface area contributed by atoms with E-state index < -0.39 is 0 Å². The van der Waals surface area contributed by atoms with E-state index in [1.807, 2.05) is 29.6 Å². The zero-order valence-electron chi connectivity index (χ0n) is 14.0. The number of hydrogen-bond donors (Lipinski definition) is 0. The Hall–Kier alpha value is -1.69. The maximum atomic E-state index is 13.1. The molecule has 1 saturated heterocycles. The number of aromatic nitrogens is 3. The van der Waals surface area contributed by atoms with Gasteiger partial charge in [-0.05, 0) is 37.7 Å². The van der Waals surface area contributed by atoms with Gasteiger partial charge in [-0.15, -0.1) is 11.3 Å². The van der Waals surface area contributed by atoms with Crippen molar-refractivity contribution in [1.29, 1.82) is 0 Å². The molecule has 0 spiro atoms. The molecule has 2 aromatic heterocycles. The molecule has 124 valence electrons. The zero-order valence-corrected chi connectivity index (χ0v) is 14.8. The van der Waals surface area contributed by atoms with Gasteiger partial charge in [0.1, 0.15) is 10.7 Å². The molecule has 5 nitrogen and oxygen atoms in total. The van der Waals surface area contributed by atoms with Crippen molar-refractivity contribution in [3.63, 3.8) is 0 Å². The molecular weight excluding hydrogens is 308 g/mol. The summed E-state index contributed by atoms with van der Waals surface area (Å²) in [5.74, 6) is 0.612. The van der Waals surface area contributed by atoms with Crippen LogP contribution in [-0.4, -0.2) is 32.1 Å². The van der Waals surface area contributed by atoms with Crippen molar-refractivity contribution in [3.05, 3.63) is 34.0 Å². The van der Waals surface area contributed by atoms with Crippen LogP contribution in [-0.2, 0) is 13.5 Å². The van der Waals surface area contributed by atoms with Crippen molar-refractivity contribution in [1.82, 2.24) is 19.7 Å². The van der Waals surface area contributed by atoms with Gasteiger partial charge < -0.3 is 4.90 Å². The Labute approximate surface area is 141 Å². The number of likely N-dealkylation sites (tertiary alicyclic amines) is 1. The molecule has 0 bridgehead atoms. The molecule has 0 radical (unpaired) electrons. The molecule has 1 aliphatic heterocycles. The molecule has 1 aliphatic rings. The fourth-order valence-corrected chi connectivity index (χ4v) is 4.01. The SMILES string of the molecule is CC(C)Cc1cc(C(=O)N2CCCC[C@@H]2c2nccs2)n(C)n1. The Morgan fingerprint density at radius 3 is 2.96 bits per heavy atom. The molecule has 1 fully saturated rings. The molecule has 0 N–H and O–H groups in total. The molecule has 23 heavy (non-hydrogen) atoms.